The standard InChI is InChI=1S/C21H20N2O6/c1-27-15-6-7-16-17-8-9-23(11-19(17)29-18(16)10-15)20(24)12-28-14-4-2-13(3-5-14)21(25)22-26/h2-7,10,26H,8-9,11-12H2,1H3,(H,22,25). The Morgan fingerprint density at radius 2 is 1.93 bits per heavy atom. The summed E-state index contributed by atoms with van der Waals surface area (Å²) in [5.41, 5.74) is 3.74. The predicted octanol–water partition coefficient (Wildman–Crippen LogP) is 2.52. The lowest BCUT2D eigenvalue weighted by Crippen LogP contribution is -2.38. The quantitative estimate of drug-likeness (QED) is 0.508. The predicted molar refractivity (Wildman–Crippen MR) is 103 cm³/mol. The molecule has 0 fully saturated rings. The highest BCUT2D eigenvalue weighted by Crippen LogP contribution is 2.32. The summed E-state index contributed by atoms with van der Waals surface area (Å²) < 4.78 is 16.7. The summed E-state index contributed by atoms with van der Waals surface area (Å²) in [6.45, 7) is 0.866. The number of ether oxygens (including phenoxy) is 2. The van der Waals surface area contributed by atoms with Gasteiger partial charge in [0.25, 0.3) is 11.8 Å². The summed E-state index contributed by atoms with van der Waals surface area (Å²) in [7, 11) is 1.61. The van der Waals surface area contributed by atoms with Crippen molar-refractivity contribution in [3.05, 3.63) is 59.4 Å². The van der Waals surface area contributed by atoms with Gasteiger partial charge in [-0.25, -0.2) is 5.48 Å². The first-order valence-electron chi connectivity index (χ1n) is 9.12. The average molecular weight is 396 g/mol. The van der Waals surface area contributed by atoms with Crippen molar-refractivity contribution in [1.29, 1.82) is 0 Å². The first-order valence-corrected chi connectivity index (χ1v) is 9.12. The fourth-order valence-corrected chi connectivity index (χ4v) is 3.43. The lowest BCUT2D eigenvalue weighted by atomic mass is 10.0. The molecule has 0 bridgehead atoms. The molecular formula is C21H20N2O6. The molecule has 4 rings (SSSR count). The Balaban J connectivity index is 1.40. The molecule has 8 nitrogen and oxygen atoms in total. The van der Waals surface area contributed by atoms with Crippen molar-refractivity contribution in [2.45, 2.75) is 13.0 Å². The summed E-state index contributed by atoms with van der Waals surface area (Å²) >= 11 is 0. The number of nitrogens with one attached hydrogen (secondary N) is 1. The maximum absolute atomic E-state index is 12.6. The largest absolute Gasteiger partial charge is 0.497 e. The zero-order valence-corrected chi connectivity index (χ0v) is 15.8. The minimum atomic E-state index is -0.611. The molecule has 2 amide bonds. The Morgan fingerprint density at radius 3 is 2.66 bits per heavy atom. The Bertz CT molecular complexity index is 1060. The average Bonchev–Trinajstić information content (AvgIpc) is 3.13. The van der Waals surface area contributed by atoms with Gasteiger partial charge in [0, 0.05) is 29.1 Å². The molecule has 0 saturated heterocycles. The maximum atomic E-state index is 12.6. The van der Waals surface area contributed by atoms with E-state index in [4.69, 9.17) is 19.1 Å². The zero-order valence-electron chi connectivity index (χ0n) is 15.8. The molecule has 2 aromatic carbocycles. The molecule has 1 aromatic heterocycles. The third kappa shape index (κ3) is 3.74. The van der Waals surface area contributed by atoms with E-state index in [1.165, 1.54) is 12.1 Å². The second-order valence-corrected chi connectivity index (χ2v) is 6.69. The van der Waals surface area contributed by atoms with Crippen molar-refractivity contribution >= 4 is 22.8 Å². The monoisotopic (exact) mass is 396 g/mol. The number of fused-ring (bicyclic) bond motifs is 3. The van der Waals surface area contributed by atoms with Crippen LogP contribution in [0.5, 0.6) is 11.5 Å². The van der Waals surface area contributed by atoms with E-state index in [1.54, 1.807) is 29.6 Å². The molecule has 1 aliphatic rings. The lowest BCUT2D eigenvalue weighted by molar-refractivity contribution is -0.134. The number of furan rings is 1. The molecule has 2 N–H and O–H groups in total. The van der Waals surface area contributed by atoms with Crippen LogP contribution in [0.2, 0.25) is 0 Å². The van der Waals surface area contributed by atoms with Gasteiger partial charge in [-0.1, -0.05) is 0 Å². The van der Waals surface area contributed by atoms with Gasteiger partial charge in [0.15, 0.2) is 6.61 Å². The summed E-state index contributed by atoms with van der Waals surface area (Å²) in [4.78, 5) is 25.6. The number of benzene rings is 2. The van der Waals surface area contributed by atoms with Crippen LogP contribution in [-0.2, 0) is 17.8 Å². The second kappa shape index (κ2) is 7.84. The molecule has 0 unspecified atom stereocenters. The van der Waals surface area contributed by atoms with Gasteiger partial charge >= 0.3 is 0 Å². The SMILES string of the molecule is COc1ccc2c3c(oc2c1)CN(C(=O)COc1ccc(C(=O)NO)cc1)CC3. The number of amides is 2. The molecule has 2 heterocycles. The van der Waals surface area contributed by atoms with E-state index >= 15 is 0 Å². The van der Waals surface area contributed by atoms with Gasteiger partial charge in [0.2, 0.25) is 0 Å². The van der Waals surface area contributed by atoms with E-state index in [-0.39, 0.29) is 18.1 Å². The van der Waals surface area contributed by atoms with E-state index in [1.807, 2.05) is 18.2 Å². The fraction of sp³-hybridized carbons (Fsp3) is 0.238. The van der Waals surface area contributed by atoms with E-state index in [9.17, 15) is 9.59 Å². The Kier molecular flexibility index (Phi) is 5.09. The van der Waals surface area contributed by atoms with Gasteiger partial charge < -0.3 is 18.8 Å². The second-order valence-electron chi connectivity index (χ2n) is 6.69. The molecule has 1 aliphatic heterocycles. The number of nitrogens with zero attached hydrogens (tertiary/aromatic N) is 1. The van der Waals surface area contributed by atoms with Gasteiger partial charge in [0.1, 0.15) is 22.8 Å². The van der Waals surface area contributed by atoms with Crippen LogP contribution in [0.3, 0.4) is 0 Å². The van der Waals surface area contributed by atoms with Gasteiger partial charge in [-0.05, 0) is 42.8 Å². The number of methoxy groups -OCH3 is 1. The smallest absolute Gasteiger partial charge is 0.274 e. The number of carbonyl (C=O) groups is 2. The number of hydrogen-bond donors (Lipinski definition) is 2. The van der Waals surface area contributed by atoms with Crippen LogP contribution in [0.15, 0.2) is 46.9 Å². The topological polar surface area (TPSA) is 101 Å². The van der Waals surface area contributed by atoms with Gasteiger partial charge in [-0.3, -0.25) is 14.8 Å². The van der Waals surface area contributed by atoms with Crippen LogP contribution < -0.4 is 15.0 Å². The number of hydroxylamine groups is 1. The van der Waals surface area contributed by atoms with Crippen LogP contribution in [0.1, 0.15) is 21.7 Å². The van der Waals surface area contributed by atoms with Crippen LogP contribution in [0.25, 0.3) is 11.0 Å². The Labute approximate surface area is 166 Å². The van der Waals surface area contributed by atoms with Crippen LogP contribution in [0.4, 0.5) is 0 Å². The number of carbonyl (C=O) groups excluding carboxylic acids is 2. The molecule has 150 valence electrons. The minimum absolute atomic E-state index is 0.116. The molecule has 0 radical (unpaired) electrons. The van der Waals surface area contributed by atoms with E-state index < -0.39 is 5.91 Å². The van der Waals surface area contributed by atoms with E-state index in [0.29, 0.717) is 25.3 Å². The summed E-state index contributed by atoms with van der Waals surface area (Å²) in [6, 6.07) is 11.9. The van der Waals surface area contributed by atoms with Crippen molar-refractivity contribution in [1.82, 2.24) is 10.4 Å². The Morgan fingerprint density at radius 1 is 1.17 bits per heavy atom. The van der Waals surface area contributed by atoms with Crippen molar-refractivity contribution < 1.29 is 28.7 Å². The number of hydrogen-bond acceptors (Lipinski definition) is 6. The van der Waals surface area contributed by atoms with Crippen LogP contribution in [0, 0.1) is 0 Å². The summed E-state index contributed by atoms with van der Waals surface area (Å²) in [6.07, 6.45) is 0.714. The summed E-state index contributed by atoms with van der Waals surface area (Å²) in [5, 5.41) is 9.68. The molecule has 29 heavy (non-hydrogen) atoms. The molecule has 3 aromatic rings. The summed E-state index contributed by atoms with van der Waals surface area (Å²) in [5.74, 6) is 1.21. The fourth-order valence-electron chi connectivity index (χ4n) is 3.43. The van der Waals surface area contributed by atoms with Crippen molar-refractivity contribution in [3.63, 3.8) is 0 Å². The van der Waals surface area contributed by atoms with Crippen molar-refractivity contribution in [3.8, 4) is 11.5 Å². The van der Waals surface area contributed by atoms with E-state index in [0.717, 1.165) is 28.0 Å². The molecular weight excluding hydrogens is 376 g/mol. The Hall–Kier alpha value is -3.52. The molecule has 0 atom stereocenters. The third-order valence-corrected chi connectivity index (χ3v) is 4.98. The lowest BCUT2D eigenvalue weighted by Gasteiger charge is -2.26. The molecule has 8 heteroatoms. The molecule has 0 spiro atoms. The highest BCUT2D eigenvalue weighted by Gasteiger charge is 2.26. The van der Waals surface area contributed by atoms with Gasteiger partial charge in [0.05, 0.1) is 13.7 Å². The van der Waals surface area contributed by atoms with Gasteiger partial charge in [-0.2, -0.15) is 0 Å². The normalized spacial score (nSPS) is 13.1. The van der Waals surface area contributed by atoms with Crippen LogP contribution in [-0.4, -0.2) is 42.2 Å². The molecule has 0 aliphatic carbocycles. The molecule has 0 saturated carbocycles. The zero-order chi connectivity index (χ0) is 20.4. The highest BCUT2D eigenvalue weighted by molar-refractivity contribution is 5.93. The maximum Gasteiger partial charge on any atom is 0.274 e. The van der Waals surface area contributed by atoms with Crippen LogP contribution >= 0.6 is 0 Å². The number of rotatable bonds is 5. The first-order chi connectivity index (χ1) is 14.1. The highest BCUT2D eigenvalue weighted by atomic mass is 16.5. The van der Waals surface area contributed by atoms with Gasteiger partial charge in [-0.15, -0.1) is 0 Å². The first kappa shape index (κ1) is 18.8. The van der Waals surface area contributed by atoms with E-state index in [2.05, 4.69) is 0 Å². The minimum Gasteiger partial charge on any atom is -0.497 e. The third-order valence-electron chi connectivity index (χ3n) is 4.98. The van der Waals surface area contributed by atoms with Crippen molar-refractivity contribution in [2.75, 3.05) is 20.3 Å². The van der Waals surface area contributed by atoms with Crippen molar-refractivity contribution in [2.24, 2.45) is 0 Å².